The van der Waals surface area contributed by atoms with Crippen LogP contribution in [0.2, 0.25) is 0 Å². The second-order valence-electron chi connectivity index (χ2n) is 2.31. The topological polar surface area (TPSA) is 149 Å². The molecule has 8 nitrogen and oxygen atoms in total. The fourth-order valence-corrected chi connectivity index (χ4v) is 0.675. The van der Waals surface area contributed by atoms with E-state index in [0.29, 0.717) is 0 Å². The van der Waals surface area contributed by atoms with E-state index in [1.165, 1.54) is 5.30 Å². The van der Waals surface area contributed by atoms with Gasteiger partial charge in [0.15, 0.2) is 0 Å². The number of hydrogen-bond acceptors (Lipinski definition) is 4. The molecule has 0 saturated carbocycles. The minimum atomic E-state index is -4.67. The highest BCUT2D eigenvalue weighted by molar-refractivity contribution is 7.80. The van der Waals surface area contributed by atoms with E-state index in [2.05, 4.69) is 9.24 Å². The van der Waals surface area contributed by atoms with Crippen molar-refractivity contribution in [3.05, 3.63) is 30.3 Å². The zero-order chi connectivity index (χ0) is 14.1. The molecule has 0 aliphatic heterocycles. The van der Waals surface area contributed by atoms with Gasteiger partial charge in [-0.2, -0.15) is 16.8 Å². The van der Waals surface area contributed by atoms with E-state index in [1.807, 2.05) is 30.3 Å². The summed E-state index contributed by atoms with van der Waals surface area (Å²) in [7, 11) is -6.70. The first kappa shape index (κ1) is 18.7. The molecular formula is C6H11O8PS2. The molecule has 17 heavy (non-hydrogen) atoms. The third-order valence-corrected chi connectivity index (χ3v) is 1.18. The standard InChI is InChI=1S/C6H7P.2H2O4S/c7-6-4-2-1-3-5-6;2*1-5(2,3)4/h1-5H,7H2;2*(H2,1,2,3,4). The van der Waals surface area contributed by atoms with Gasteiger partial charge >= 0.3 is 20.8 Å². The van der Waals surface area contributed by atoms with Crippen LogP contribution in [0.5, 0.6) is 0 Å². The van der Waals surface area contributed by atoms with Crippen LogP contribution in [0.4, 0.5) is 0 Å². The lowest BCUT2D eigenvalue weighted by Gasteiger charge is -1.82. The Balaban J connectivity index is 0. The highest BCUT2D eigenvalue weighted by Crippen LogP contribution is 1.86. The lowest BCUT2D eigenvalue weighted by atomic mass is 10.4. The first-order chi connectivity index (χ1) is 7.39. The Hall–Kier alpha value is -0.610. The predicted octanol–water partition coefficient (Wildman–Crippen LogP) is -0.119. The maximum Gasteiger partial charge on any atom is 0.394 e. The van der Waals surface area contributed by atoms with Crippen molar-refractivity contribution in [2.75, 3.05) is 0 Å². The maximum absolute atomic E-state index is 8.74. The molecule has 0 aliphatic carbocycles. The Morgan fingerprint density at radius 1 is 0.765 bits per heavy atom. The molecule has 0 saturated heterocycles. The predicted molar refractivity (Wildman–Crippen MR) is 64.1 cm³/mol. The van der Waals surface area contributed by atoms with Crippen molar-refractivity contribution in [1.82, 2.24) is 0 Å². The zero-order valence-electron chi connectivity index (χ0n) is 8.20. The first-order valence-corrected chi connectivity index (χ1v) is 6.97. The Labute approximate surface area is 101 Å². The van der Waals surface area contributed by atoms with Crippen molar-refractivity contribution in [3.8, 4) is 0 Å². The van der Waals surface area contributed by atoms with Crippen LogP contribution < -0.4 is 5.30 Å². The molecule has 0 bridgehead atoms. The minimum absolute atomic E-state index is 1.24. The molecule has 0 fully saturated rings. The summed E-state index contributed by atoms with van der Waals surface area (Å²) in [5.41, 5.74) is 0. The van der Waals surface area contributed by atoms with E-state index in [0.717, 1.165) is 0 Å². The first-order valence-electron chi connectivity index (χ1n) is 3.60. The molecule has 1 atom stereocenters. The highest BCUT2D eigenvalue weighted by Gasteiger charge is 1.85. The molecule has 0 spiro atoms. The third kappa shape index (κ3) is 50.5. The van der Waals surface area contributed by atoms with E-state index in [1.54, 1.807) is 0 Å². The monoisotopic (exact) mass is 306 g/mol. The van der Waals surface area contributed by atoms with Crippen molar-refractivity contribution in [2.24, 2.45) is 0 Å². The van der Waals surface area contributed by atoms with E-state index in [4.69, 9.17) is 35.0 Å². The van der Waals surface area contributed by atoms with Crippen molar-refractivity contribution in [2.45, 2.75) is 0 Å². The second kappa shape index (κ2) is 8.48. The SMILES string of the molecule is O=S(=O)(O)O.O=S(=O)(O)O.Pc1ccccc1. The molecular weight excluding hydrogens is 295 g/mol. The summed E-state index contributed by atoms with van der Waals surface area (Å²) in [5.74, 6) is 0. The molecule has 1 rings (SSSR count). The van der Waals surface area contributed by atoms with Crippen LogP contribution in [0, 0.1) is 0 Å². The number of benzene rings is 1. The molecule has 1 aromatic rings. The summed E-state index contributed by atoms with van der Waals surface area (Å²) in [5, 5.41) is 1.24. The molecule has 0 heterocycles. The molecule has 0 aliphatic rings. The van der Waals surface area contributed by atoms with E-state index >= 15 is 0 Å². The van der Waals surface area contributed by atoms with Crippen molar-refractivity contribution in [1.29, 1.82) is 0 Å². The summed E-state index contributed by atoms with van der Waals surface area (Å²) in [6.07, 6.45) is 0. The summed E-state index contributed by atoms with van der Waals surface area (Å²) in [6, 6.07) is 10.1. The van der Waals surface area contributed by atoms with E-state index in [9.17, 15) is 0 Å². The fourth-order valence-electron chi connectivity index (χ4n) is 0.453. The van der Waals surface area contributed by atoms with Crippen LogP contribution in [-0.2, 0) is 20.8 Å². The fraction of sp³-hybridized carbons (Fsp3) is 0. The van der Waals surface area contributed by atoms with Crippen LogP contribution in [0.3, 0.4) is 0 Å². The van der Waals surface area contributed by atoms with Gasteiger partial charge in [0.25, 0.3) is 0 Å². The summed E-state index contributed by atoms with van der Waals surface area (Å²) in [4.78, 5) is 0. The summed E-state index contributed by atoms with van der Waals surface area (Å²) < 4.78 is 63.2. The van der Waals surface area contributed by atoms with Crippen molar-refractivity contribution < 1.29 is 35.0 Å². The molecule has 100 valence electrons. The second-order valence-corrected chi connectivity index (χ2v) is 4.76. The molecule has 0 aromatic heterocycles. The number of hydrogen-bond donors (Lipinski definition) is 4. The van der Waals surface area contributed by atoms with Gasteiger partial charge in [-0.1, -0.05) is 30.3 Å². The van der Waals surface area contributed by atoms with Crippen molar-refractivity contribution >= 4 is 35.3 Å². The van der Waals surface area contributed by atoms with Gasteiger partial charge in [-0.25, -0.2) is 0 Å². The maximum atomic E-state index is 8.74. The van der Waals surface area contributed by atoms with Crippen LogP contribution in [0.25, 0.3) is 0 Å². The Morgan fingerprint density at radius 2 is 1.00 bits per heavy atom. The van der Waals surface area contributed by atoms with Gasteiger partial charge in [0.05, 0.1) is 0 Å². The van der Waals surface area contributed by atoms with Gasteiger partial charge < -0.3 is 0 Å². The van der Waals surface area contributed by atoms with Gasteiger partial charge in [0, 0.05) is 0 Å². The Bertz CT molecular complexity index is 448. The zero-order valence-corrected chi connectivity index (χ0v) is 11.0. The summed E-state index contributed by atoms with van der Waals surface area (Å²) >= 11 is 0. The van der Waals surface area contributed by atoms with Crippen molar-refractivity contribution in [3.63, 3.8) is 0 Å². The highest BCUT2D eigenvalue weighted by atomic mass is 32.3. The van der Waals surface area contributed by atoms with Crippen LogP contribution >= 0.6 is 9.24 Å². The van der Waals surface area contributed by atoms with Gasteiger partial charge in [0.1, 0.15) is 0 Å². The third-order valence-electron chi connectivity index (χ3n) is 0.800. The Kier molecular flexibility index (Phi) is 9.35. The molecule has 4 N–H and O–H groups in total. The average Bonchev–Trinajstić information content (AvgIpc) is 1.98. The smallest absolute Gasteiger partial charge is 0.264 e. The number of rotatable bonds is 0. The lowest BCUT2D eigenvalue weighted by molar-refractivity contribution is 0.378. The van der Waals surface area contributed by atoms with E-state index < -0.39 is 20.8 Å². The average molecular weight is 306 g/mol. The van der Waals surface area contributed by atoms with Gasteiger partial charge in [-0.15, -0.1) is 9.24 Å². The van der Waals surface area contributed by atoms with E-state index in [-0.39, 0.29) is 0 Å². The molecule has 1 aromatic carbocycles. The van der Waals surface area contributed by atoms with Crippen LogP contribution in [-0.4, -0.2) is 35.0 Å². The minimum Gasteiger partial charge on any atom is -0.264 e. The largest absolute Gasteiger partial charge is 0.394 e. The van der Waals surface area contributed by atoms with Crippen LogP contribution in [0.1, 0.15) is 0 Å². The van der Waals surface area contributed by atoms with Crippen LogP contribution in [0.15, 0.2) is 30.3 Å². The van der Waals surface area contributed by atoms with Gasteiger partial charge in [-0.3, -0.25) is 18.2 Å². The molecule has 0 radical (unpaired) electrons. The quantitative estimate of drug-likeness (QED) is 0.383. The lowest BCUT2D eigenvalue weighted by Crippen LogP contribution is -1.89. The Morgan fingerprint density at radius 3 is 1.12 bits per heavy atom. The van der Waals surface area contributed by atoms with Gasteiger partial charge in [-0.05, 0) is 5.30 Å². The summed E-state index contributed by atoms with van der Waals surface area (Å²) in [6.45, 7) is 0. The molecule has 11 heteroatoms. The van der Waals surface area contributed by atoms with Gasteiger partial charge in [0.2, 0.25) is 0 Å². The molecule has 1 unspecified atom stereocenters. The normalized spacial score (nSPS) is 10.4. The molecule has 0 amide bonds.